The lowest BCUT2D eigenvalue weighted by Crippen LogP contribution is -2.17. The molecule has 3 aromatic rings. The quantitative estimate of drug-likeness (QED) is 0.564. The average molecular weight is 428 g/mol. The lowest BCUT2D eigenvalue weighted by Gasteiger charge is -2.08. The van der Waals surface area contributed by atoms with Gasteiger partial charge < -0.3 is 15.2 Å². The van der Waals surface area contributed by atoms with Gasteiger partial charge in [0.15, 0.2) is 5.16 Å². The normalized spacial score (nSPS) is 10.7. The van der Waals surface area contributed by atoms with E-state index in [-0.39, 0.29) is 29.8 Å². The van der Waals surface area contributed by atoms with Crippen molar-refractivity contribution >= 4 is 35.0 Å². The fraction of sp³-hybridized carbons (Fsp3) is 0.238. The van der Waals surface area contributed by atoms with Gasteiger partial charge in [0.2, 0.25) is 11.8 Å². The molecule has 0 saturated carbocycles. The zero-order valence-electron chi connectivity index (χ0n) is 16.9. The molecule has 156 valence electrons. The summed E-state index contributed by atoms with van der Waals surface area (Å²) in [5.41, 5.74) is 3.42. The molecule has 30 heavy (non-hydrogen) atoms. The predicted octanol–water partition coefficient (Wildman–Crippen LogP) is 3.48. The SMILES string of the molecule is Cc1cc(C)cc(NC(=O)CSc2nnc(CC(=O)Nc3ccc(F)cc3)n2C)c1. The van der Waals surface area contributed by atoms with Crippen molar-refractivity contribution < 1.29 is 14.0 Å². The average Bonchev–Trinajstić information content (AvgIpc) is 3.01. The molecule has 1 aromatic heterocycles. The molecule has 0 spiro atoms. The number of hydrogen-bond donors (Lipinski definition) is 2. The van der Waals surface area contributed by atoms with Gasteiger partial charge in [-0.15, -0.1) is 10.2 Å². The highest BCUT2D eigenvalue weighted by molar-refractivity contribution is 7.99. The van der Waals surface area contributed by atoms with Crippen LogP contribution in [-0.4, -0.2) is 32.3 Å². The molecule has 0 fully saturated rings. The number of hydrogen-bond acceptors (Lipinski definition) is 5. The number of amides is 2. The number of carbonyl (C=O) groups excluding carboxylic acids is 2. The number of nitrogens with one attached hydrogen (secondary N) is 2. The minimum absolute atomic E-state index is 0.0101. The van der Waals surface area contributed by atoms with Crippen LogP contribution in [-0.2, 0) is 23.1 Å². The van der Waals surface area contributed by atoms with Crippen LogP contribution in [0.15, 0.2) is 47.6 Å². The number of benzene rings is 2. The summed E-state index contributed by atoms with van der Waals surface area (Å²) in [7, 11) is 1.74. The van der Waals surface area contributed by atoms with Gasteiger partial charge in [-0.3, -0.25) is 9.59 Å². The second-order valence-electron chi connectivity index (χ2n) is 6.90. The van der Waals surface area contributed by atoms with E-state index in [0.29, 0.717) is 16.7 Å². The molecule has 2 amide bonds. The van der Waals surface area contributed by atoms with E-state index < -0.39 is 0 Å². The highest BCUT2D eigenvalue weighted by Gasteiger charge is 2.15. The van der Waals surface area contributed by atoms with Crippen LogP contribution in [0.5, 0.6) is 0 Å². The van der Waals surface area contributed by atoms with Gasteiger partial charge in [0, 0.05) is 18.4 Å². The van der Waals surface area contributed by atoms with Crippen LogP contribution in [0.1, 0.15) is 17.0 Å². The van der Waals surface area contributed by atoms with Crippen molar-refractivity contribution in [3.05, 3.63) is 65.2 Å². The Balaban J connectivity index is 1.53. The Hall–Kier alpha value is -3.20. The second-order valence-corrected chi connectivity index (χ2v) is 7.85. The molecule has 1 heterocycles. The van der Waals surface area contributed by atoms with E-state index in [2.05, 4.69) is 20.8 Å². The third-order valence-corrected chi connectivity index (χ3v) is 5.23. The van der Waals surface area contributed by atoms with E-state index in [9.17, 15) is 14.0 Å². The molecule has 7 nitrogen and oxygen atoms in total. The van der Waals surface area contributed by atoms with Crippen LogP contribution in [0.2, 0.25) is 0 Å². The summed E-state index contributed by atoms with van der Waals surface area (Å²) in [6, 6.07) is 11.4. The van der Waals surface area contributed by atoms with E-state index in [1.54, 1.807) is 11.6 Å². The van der Waals surface area contributed by atoms with Gasteiger partial charge in [-0.25, -0.2) is 4.39 Å². The summed E-state index contributed by atoms with van der Waals surface area (Å²) >= 11 is 1.24. The first-order valence-corrected chi connectivity index (χ1v) is 10.2. The Morgan fingerprint density at radius 2 is 1.60 bits per heavy atom. The monoisotopic (exact) mass is 427 g/mol. The molecule has 0 bridgehead atoms. The number of thioether (sulfide) groups is 1. The Morgan fingerprint density at radius 1 is 0.967 bits per heavy atom. The van der Waals surface area contributed by atoms with Gasteiger partial charge in [-0.05, 0) is 61.4 Å². The van der Waals surface area contributed by atoms with Gasteiger partial charge >= 0.3 is 0 Å². The third-order valence-electron chi connectivity index (χ3n) is 4.21. The Bertz CT molecular complexity index is 1050. The van der Waals surface area contributed by atoms with E-state index >= 15 is 0 Å². The van der Waals surface area contributed by atoms with Crippen molar-refractivity contribution in [3.63, 3.8) is 0 Å². The zero-order valence-corrected chi connectivity index (χ0v) is 17.7. The summed E-state index contributed by atoms with van der Waals surface area (Å²) in [6.07, 6.45) is 0.0101. The van der Waals surface area contributed by atoms with E-state index in [1.165, 1.54) is 36.0 Å². The summed E-state index contributed by atoms with van der Waals surface area (Å²) in [6.45, 7) is 3.95. The Labute approximate surface area is 178 Å². The van der Waals surface area contributed by atoms with Crippen LogP contribution >= 0.6 is 11.8 Å². The first-order chi connectivity index (χ1) is 14.3. The van der Waals surface area contributed by atoms with Crippen molar-refractivity contribution in [2.24, 2.45) is 7.05 Å². The van der Waals surface area contributed by atoms with E-state index in [0.717, 1.165) is 16.8 Å². The number of nitrogens with zero attached hydrogens (tertiary/aromatic N) is 3. The lowest BCUT2D eigenvalue weighted by molar-refractivity contribution is -0.116. The first-order valence-electron chi connectivity index (χ1n) is 9.25. The summed E-state index contributed by atoms with van der Waals surface area (Å²) in [5.74, 6) is -0.179. The number of anilines is 2. The minimum atomic E-state index is -0.371. The van der Waals surface area contributed by atoms with Crippen molar-refractivity contribution in [1.29, 1.82) is 0 Å². The highest BCUT2D eigenvalue weighted by atomic mass is 32.2. The van der Waals surface area contributed by atoms with Gasteiger partial charge in [0.25, 0.3) is 0 Å². The maximum atomic E-state index is 12.9. The maximum Gasteiger partial charge on any atom is 0.234 e. The lowest BCUT2D eigenvalue weighted by atomic mass is 10.1. The van der Waals surface area contributed by atoms with E-state index in [1.807, 2.05) is 32.0 Å². The van der Waals surface area contributed by atoms with Gasteiger partial charge in [-0.1, -0.05) is 17.8 Å². The molecule has 2 aromatic carbocycles. The molecule has 0 saturated heterocycles. The number of aromatic nitrogens is 3. The van der Waals surface area contributed by atoms with Crippen molar-refractivity contribution in [2.75, 3.05) is 16.4 Å². The molecule has 0 radical (unpaired) electrons. The van der Waals surface area contributed by atoms with Gasteiger partial charge in [0.1, 0.15) is 11.6 Å². The van der Waals surface area contributed by atoms with Crippen LogP contribution in [0, 0.1) is 19.7 Å². The number of aryl methyl sites for hydroxylation is 2. The molecule has 0 aliphatic heterocycles. The fourth-order valence-electron chi connectivity index (χ4n) is 2.88. The van der Waals surface area contributed by atoms with E-state index in [4.69, 9.17) is 0 Å². The maximum absolute atomic E-state index is 12.9. The van der Waals surface area contributed by atoms with Crippen LogP contribution in [0.25, 0.3) is 0 Å². The molecular weight excluding hydrogens is 405 g/mol. The summed E-state index contributed by atoms with van der Waals surface area (Å²) < 4.78 is 14.6. The molecule has 0 aliphatic rings. The van der Waals surface area contributed by atoms with Crippen LogP contribution < -0.4 is 10.6 Å². The molecule has 9 heteroatoms. The van der Waals surface area contributed by atoms with Crippen molar-refractivity contribution in [1.82, 2.24) is 14.8 Å². The Kier molecular flexibility index (Phi) is 6.83. The predicted molar refractivity (Wildman–Crippen MR) is 115 cm³/mol. The largest absolute Gasteiger partial charge is 0.326 e. The van der Waals surface area contributed by atoms with Crippen LogP contribution in [0.3, 0.4) is 0 Å². The molecular formula is C21H22FN5O2S. The molecule has 3 rings (SSSR count). The van der Waals surface area contributed by atoms with Crippen molar-refractivity contribution in [2.45, 2.75) is 25.4 Å². The topological polar surface area (TPSA) is 88.9 Å². The number of halogens is 1. The first kappa shape index (κ1) is 21.5. The molecule has 0 aliphatic carbocycles. The van der Waals surface area contributed by atoms with Crippen molar-refractivity contribution in [3.8, 4) is 0 Å². The molecule has 0 atom stereocenters. The third kappa shape index (κ3) is 5.90. The minimum Gasteiger partial charge on any atom is -0.326 e. The highest BCUT2D eigenvalue weighted by Crippen LogP contribution is 2.18. The fourth-order valence-corrected chi connectivity index (χ4v) is 3.61. The molecule has 2 N–H and O–H groups in total. The van der Waals surface area contributed by atoms with Gasteiger partial charge in [-0.2, -0.15) is 0 Å². The zero-order chi connectivity index (χ0) is 21.7. The van der Waals surface area contributed by atoms with Crippen LogP contribution in [0.4, 0.5) is 15.8 Å². The summed E-state index contributed by atoms with van der Waals surface area (Å²) in [5, 5.41) is 14.2. The smallest absolute Gasteiger partial charge is 0.234 e. The standard InChI is InChI=1S/C21H22FN5O2S/c1-13-8-14(2)10-17(9-13)24-20(29)12-30-21-26-25-18(27(21)3)11-19(28)23-16-6-4-15(22)5-7-16/h4-10H,11-12H2,1-3H3,(H,23,28)(H,24,29). The number of rotatable bonds is 7. The molecule has 0 unspecified atom stereocenters. The Morgan fingerprint density at radius 3 is 2.27 bits per heavy atom. The second kappa shape index (κ2) is 9.53. The number of carbonyl (C=O) groups is 2. The van der Waals surface area contributed by atoms with Gasteiger partial charge in [0.05, 0.1) is 12.2 Å². The summed E-state index contributed by atoms with van der Waals surface area (Å²) in [4.78, 5) is 24.4.